The number of amides is 1. The predicted octanol–water partition coefficient (Wildman–Crippen LogP) is 5.44. The molecule has 3 aromatic rings. The topological polar surface area (TPSA) is 82.4 Å². The van der Waals surface area contributed by atoms with Gasteiger partial charge in [0.2, 0.25) is 5.91 Å². The second kappa shape index (κ2) is 12.7. The van der Waals surface area contributed by atoms with Crippen molar-refractivity contribution in [2.75, 3.05) is 25.5 Å². The number of hydrogen-bond donors (Lipinski definition) is 1. The Kier molecular flexibility index (Phi) is 8.93. The molecule has 0 radical (unpaired) electrons. The maximum Gasteiger partial charge on any atom is 0.306 e. The molecule has 3 aromatic carbocycles. The van der Waals surface area contributed by atoms with Crippen LogP contribution in [-0.2, 0) is 20.7 Å². The first-order chi connectivity index (χ1) is 18.1. The molecule has 0 bridgehead atoms. The van der Waals surface area contributed by atoms with Crippen LogP contribution in [0.4, 0.5) is 5.69 Å². The number of anilines is 1. The lowest BCUT2D eigenvalue weighted by molar-refractivity contribution is -0.144. The molecule has 37 heavy (non-hydrogen) atoms. The van der Waals surface area contributed by atoms with Gasteiger partial charge >= 0.3 is 5.97 Å². The highest BCUT2D eigenvalue weighted by Gasteiger charge is 2.39. The molecule has 6 nitrogen and oxygen atoms in total. The third-order valence-electron chi connectivity index (χ3n) is 6.99. The summed E-state index contributed by atoms with van der Waals surface area (Å²) in [5.74, 6) is -0.582. The summed E-state index contributed by atoms with van der Waals surface area (Å²) < 4.78 is 4.83. The fourth-order valence-corrected chi connectivity index (χ4v) is 5.02. The largest absolute Gasteiger partial charge is 0.469 e. The van der Waals surface area contributed by atoms with Gasteiger partial charge in [0.05, 0.1) is 31.1 Å². The number of nitrogens with one attached hydrogen (secondary N) is 1. The number of benzene rings is 3. The molecular formula is C31H33N3O3. The molecule has 4 rings (SSSR count). The summed E-state index contributed by atoms with van der Waals surface area (Å²) in [6.07, 6.45) is 3.42. The van der Waals surface area contributed by atoms with Crippen LogP contribution in [0.15, 0.2) is 78.9 Å². The standard InChI is InChI=1S/C31H33N3O3/c1-37-30(35)21-27-20-29(34(31(27)36)18-6-9-23-7-3-2-4-8-23)16-17-33-28-11-5-10-26(19-28)25-14-12-24(22-32)13-15-25/h2-5,7-8,10-15,19,27,29,33H,6,9,16-18,20-21H2,1H3/t27-,29+/m0/s1. The van der Waals surface area contributed by atoms with Crippen LogP contribution in [0, 0.1) is 17.2 Å². The lowest BCUT2D eigenvalue weighted by Gasteiger charge is -2.25. The van der Waals surface area contributed by atoms with Crippen molar-refractivity contribution in [3.63, 3.8) is 0 Å². The number of nitriles is 1. The molecule has 1 N–H and O–H groups in total. The summed E-state index contributed by atoms with van der Waals surface area (Å²) in [5, 5.41) is 12.5. The first-order valence-electron chi connectivity index (χ1n) is 12.8. The molecule has 0 spiro atoms. The smallest absolute Gasteiger partial charge is 0.306 e. The first-order valence-corrected chi connectivity index (χ1v) is 12.8. The fourth-order valence-electron chi connectivity index (χ4n) is 5.02. The van der Waals surface area contributed by atoms with Crippen LogP contribution in [0.3, 0.4) is 0 Å². The lowest BCUT2D eigenvalue weighted by Crippen LogP contribution is -2.36. The molecule has 0 saturated carbocycles. The van der Waals surface area contributed by atoms with Gasteiger partial charge in [-0.05, 0) is 66.6 Å². The summed E-state index contributed by atoms with van der Waals surface area (Å²) in [4.78, 5) is 27.0. The van der Waals surface area contributed by atoms with Gasteiger partial charge in [0.15, 0.2) is 0 Å². The molecule has 1 heterocycles. The van der Waals surface area contributed by atoms with Gasteiger partial charge in [-0.3, -0.25) is 9.59 Å². The molecule has 2 atom stereocenters. The minimum atomic E-state index is -0.332. The molecule has 1 saturated heterocycles. The summed E-state index contributed by atoms with van der Waals surface area (Å²) in [5.41, 5.74) is 5.04. The third kappa shape index (κ3) is 6.98. The third-order valence-corrected chi connectivity index (χ3v) is 6.99. The highest BCUT2D eigenvalue weighted by atomic mass is 16.5. The minimum absolute atomic E-state index is 0.0614. The Bertz CT molecular complexity index is 1230. The molecule has 0 aliphatic carbocycles. The Morgan fingerprint density at radius 3 is 2.57 bits per heavy atom. The average Bonchev–Trinajstić information content (AvgIpc) is 3.23. The molecule has 0 unspecified atom stereocenters. The SMILES string of the molecule is COC(=O)C[C@@H]1C[C@@H](CCNc2cccc(-c3ccc(C#N)cc3)c2)N(CCCc2ccccc2)C1=O. The zero-order chi connectivity index (χ0) is 26.0. The number of carbonyl (C=O) groups is 2. The first kappa shape index (κ1) is 26.0. The van der Waals surface area contributed by atoms with E-state index in [9.17, 15) is 9.59 Å². The van der Waals surface area contributed by atoms with Crippen LogP contribution in [-0.4, -0.2) is 43.0 Å². The van der Waals surface area contributed by atoms with Crippen LogP contribution >= 0.6 is 0 Å². The average molecular weight is 496 g/mol. The van der Waals surface area contributed by atoms with Crippen molar-refractivity contribution in [3.05, 3.63) is 90.0 Å². The number of likely N-dealkylation sites (tertiary alicyclic amines) is 1. The Hall–Kier alpha value is -4.11. The van der Waals surface area contributed by atoms with Crippen LogP contribution in [0.25, 0.3) is 11.1 Å². The van der Waals surface area contributed by atoms with Crippen LogP contribution in [0.2, 0.25) is 0 Å². The van der Waals surface area contributed by atoms with E-state index in [-0.39, 0.29) is 30.3 Å². The minimum Gasteiger partial charge on any atom is -0.469 e. The van der Waals surface area contributed by atoms with Crippen molar-refractivity contribution in [2.24, 2.45) is 5.92 Å². The van der Waals surface area contributed by atoms with Gasteiger partial charge in [-0.1, -0.05) is 54.6 Å². The van der Waals surface area contributed by atoms with Crippen LogP contribution in [0.5, 0.6) is 0 Å². The van der Waals surface area contributed by atoms with Crippen molar-refractivity contribution < 1.29 is 14.3 Å². The van der Waals surface area contributed by atoms with Crippen LogP contribution < -0.4 is 5.32 Å². The Balaban J connectivity index is 1.36. The van der Waals surface area contributed by atoms with E-state index in [1.165, 1.54) is 12.7 Å². The molecule has 0 aromatic heterocycles. The van der Waals surface area contributed by atoms with E-state index >= 15 is 0 Å². The van der Waals surface area contributed by atoms with Gasteiger partial charge in [-0.15, -0.1) is 0 Å². The Morgan fingerprint density at radius 1 is 1.05 bits per heavy atom. The van der Waals surface area contributed by atoms with Gasteiger partial charge in [0.25, 0.3) is 0 Å². The number of hydrogen-bond acceptors (Lipinski definition) is 5. The molecule has 1 amide bonds. The number of methoxy groups -OCH3 is 1. The number of ether oxygens (including phenoxy) is 1. The van der Waals surface area contributed by atoms with E-state index in [1.54, 1.807) is 0 Å². The maximum atomic E-state index is 13.2. The Morgan fingerprint density at radius 2 is 1.84 bits per heavy atom. The molecule has 190 valence electrons. The van der Waals surface area contributed by atoms with E-state index < -0.39 is 0 Å². The van der Waals surface area contributed by atoms with E-state index in [1.807, 2.05) is 65.6 Å². The molecule has 1 aliphatic heterocycles. The highest BCUT2D eigenvalue weighted by Crippen LogP contribution is 2.30. The lowest BCUT2D eigenvalue weighted by atomic mass is 10.00. The van der Waals surface area contributed by atoms with Gasteiger partial charge in [-0.2, -0.15) is 5.26 Å². The summed E-state index contributed by atoms with van der Waals surface area (Å²) in [6, 6.07) is 28.3. The number of aryl methyl sites for hydroxylation is 1. The number of nitrogens with zero attached hydrogens (tertiary/aromatic N) is 2. The summed E-state index contributed by atoms with van der Waals surface area (Å²) >= 11 is 0. The number of rotatable bonds is 11. The van der Waals surface area contributed by atoms with E-state index in [4.69, 9.17) is 10.00 Å². The van der Waals surface area contributed by atoms with Gasteiger partial charge in [-0.25, -0.2) is 0 Å². The van der Waals surface area contributed by atoms with E-state index in [0.29, 0.717) is 18.5 Å². The molecule has 6 heteroatoms. The fraction of sp³-hybridized carbons (Fsp3) is 0.323. The van der Waals surface area contributed by atoms with Crippen molar-refractivity contribution in [2.45, 2.75) is 38.1 Å². The quantitative estimate of drug-likeness (QED) is 0.358. The Labute approximate surface area is 218 Å². The molecular weight excluding hydrogens is 462 g/mol. The highest BCUT2D eigenvalue weighted by molar-refractivity contribution is 5.85. The zero-order valence-electron chi connectivity index (χ0n) is 21.2. The van der Waals surface area contributed by atoms with Crippen molar-refractivity contribution in [1.29, 1.82) is 5.26 Å². The van der Waals surface area contributed by atoms with Crippen LogP contribution in [0.1, 0.15) is 36.8 Å². The predicted molar refractivity (Wildman–Crippen MR) is 145 cm³/mol. The zero-order valence-corrected chi connectivity index (χ0v) is 21.2. The number of carbonyl (C=O) groups excluding carboxylic acids is 2. The summed E-state index contributed by atoms with van der Waals surface area (Å²) in [6.45, 7) is 1.40. The monoisotopic (exact) mass is 495 g/mol. The molecule has 1 aliphatic rings. The van der Waals surface area contributed by atoms with Gasteiger partial charge in [0.1, 0.15) is 0 Å². The van der Waals surface area contributed by atoms with E-state index in [0.717, 1.165) is 42.6 Å². The second-order valence-corrected chi connectivity index (χ2v) is 9.47. The maximum absolute atomic E-state index is 13.2. The number of esters is 1. The van der Waals surface area contributed by atoms with Gasteiger partial charge < -0.3 is 15.0 Å². The normalized spacial score (nSPS) is 16.9. The van der Waals surface area contributed by atoms with Crippen molar-refractivity contribution >= 4 is 17.6 Å². The van der Waals surface area contributed by atoms with E-state index in [2.05, 4.69) is 29.6 Å². The summed E-state index contributed by atoms with van der Waals surface area (Å²) in [7, 11) is 1.37. The van der Waals surface area contributed by atoms with Gasteiger partial charge in [0, 0.05) is 24.8 Å². The van der Waals surface area contributed by atoms with Crippen molar-refractivity contribution in [1.82, 2.24) is 4.90 Å². The molecule has 1 fully saturated rings. The second-order valence-electron chi connectivity index (χ2n) is 9.47. The van der Waals surface area contributed by atoms with Crippen molar-refractivity contribution in [3.8, 4) is 17.2 Å².